The molecule has 0 aliphatic carbocycles. The summed E-state index contributed by atoms with van der Waals surface area (Å²) in [4.78, 5) is 14.0. The summed E-state index contributed by atoms with van der Waals surface area (Å²) in [5.74, 6) is 0.723. The maximum Gasteiger partial charge on any atom is 0.319 e. The molecule has 2 N–H and O–H groups in total. The second-order valence-corrected chi connectivity index (χ2v) is 8.94. The fourth-order valence-electron chi connectivity index (χ4n) is 2.65. The van der Waals surface area contributed by atoms with Crippen molar-refractivity contribution in [3.05, 3.63) is 72.6 Å². The summed E-state index contributed by atoms with van der Waals surface area (Å²) < 4.78 is 76.1. The number of anilines is 1. The van der Waals surface area contributed by atoms with Crippen LogP contribution in [0.15, 0.2) is 71.9 Å². The molecule has 0 aliphatic heterocycles. The highest BCUT2D eigenvalue weighted by atomic mass is 35.5. The van der Waals surface area contributed by atoms with Gasteiger partial charge in [-0.15, -0.1) is 12.4 Å². The molecule has 13 heteroatoms. The van der Waals surface area contributed by atoms with Gasteiger partial charge in [-0.05, 0) is 36.4 Å². The number of para-hydroxylation sites is 1. The summed E-state index contributed by atoms with van der Waals surface area (Å²) in [5.41, 5.74) is 0.00394. The number of carbonyl (C=O) groups is 1. The van der Waals surface area contributed by atoms with Crippen LogP contribution < -0.4 is 20.1 Å². The van der Waals surface area contributed by atoms with E-state index in [-0.39, 0.29) is 36.8 Å². The van der Waals surface area contributed by atoms with Crippen LogP contribution in [0, 0.1) is 0 Å². The van der Waals surface area contributed by atoms with Crippen LogP contribution in [0.2, 0.25) is 0 Å². The largest absolute Gasteiger partial charge is 0.495 e. The quantitative estimate of drug-likeness (QED) is 0.327. The summed E-state index contributed by atoms with van der Waals surface area (Å²) in [6.45, 7) is -0.0589. The molecule has 0 saturated carbocycles. The highest BCUT2D eigenvalue weighted by Crippen LogP contribution is 3.02. The van der Waals surface area contributed by atoms with Crippen molar-refractivity contribution in [3.8, 4) is 17.2 Å². The average molecular weight is 512 g/mol. The number of nitrogens with zero attached hydrogens (tertiary/aromatic N) is 1. The molecule has 0 saturated heterocycles. The summed E-state index contributed by atoms with van der Waals surface area (Å²) in [5, 5.41) is 4.55. The maximum atomic E-state index is 13.1. The number of amides is 2. The maximum absolute atomic E-state index is 13.1. The third-order valence-corrected chi connectivity index (χ3v) is 5.30. The topological polar surface area (TPSA) is 72.5 Å². The molecule has 0 spiro atoms. The van der Waals surface area contributed by atoms with Gasteiger partial charge in [0.05, 0.1) is 12.8 Å². The third-order valence-electron chi connectivity index (χ3n) is 4.15. The van der Waals surface area contributed by atoms with E-state index < -0.39 is 26.8 Å². The van der Waals surface area contributed by atoms with Gasteiger partial charge in [0.1, 0.15) is 22.1 Å². The Morgan fingerprint density at radius 2 is 1.64 bits per heavy atom. The van der Waals surface area contributed by atoms with Crippen molar-refractivity contribution in [1.29, 1.82) is 0 Å². The lowest BCUT2D eigenvalue weighted by atomic mass is 10.2. The van der Waals surface area contributed by atoms with Crippen LogP contribution in [0.5, 0.6) is 17.2 Å². The zero-order valence-electron chi connectivity index (χ0n) is 16.9. The molecule has 0 aliphatic rings. The van der Waals surface area contributed by atoms with E-state index in [0.717, 1.165) is 7.11 Å². The number of nitrogens with one attached hydrogen (secondary N) is 2. The molecule has 0 bridgehead atoms. The number of ether oxygens (including phenoxy) is 2. The number of halogens is 6. The lowest BCUT2D eigenvalue weighted by Crippen LogP contribution is -2.28. The molecule has 0 atom stereocenters. The summed E-state index contributed by atoms with van der Waals surface area (Å²) >= 11 is 0. The van der Waals surface area contributed by atoms with Gasteiger partial charge >= 0.3 is 16.3 Å². The zero-order chi connectivity index (χ0) is 23.5. The van der Waals surface area contributed by atoms with Crippen LogP contribution in [0.25, 0.3) is 0 Å². The molecular formula is C20H19ClF5N3O3S. The normalized spacial score (nSPS) is 13.0. The first kappa shape index (κ1) is 26.0. The minimum Gasteiger partial charge on any atom is -0.495 e. The molecule has 1 aromatic heterocycles. The Balaban J connectivity index is 0.00000385. The van der Waals surface area contributed by atoms with Crippen LogP contribution in [0.4, 0.5) is 29.9 Å². The first-order chi connectivity index (χ1) is 14.9. The van der Waals surface area contributed by atoms with Gasteiger partial charge < -0.3 is 20.1 Å². The molecule has 3 aromatic rings. The van der Waals surface area contributed by atoms with E-state index in [1.54, 1.807) is 36.4 Å². The first-order valence-corrected chi connectivity index (χ1v) is 10.9. The van der Waals surface area contributed by atoms with E-state index in [0.29, 0.717) is 23.1 Å². The SMILES string of the molecule is COc1ccc(S(F)(F)(F)(F)F)cc1NC(=O)NCc1ccccc1Oc1ccncc1.Cl. The minimum absolute atomic E-state index is 0. The van der Waals surface area contributed by atoms with Gasteiger partial charge in [-0.2, -0.15) is 0 Å². The molecule has 33 heavy (non-hydrogen) atoms. The second kappa shape index (κ2) is 8.94. The van der Waals surface area contributed by atoms with Crippen LogP contribution >= 0.6 is 22.6 Å². The Labute approximate surface area is 192 Å². The molecule has 2 aromatic carbocycles. The van der Waals surface area contributed by atoms with Gasteiger partial charge in [0.25, 0.3) is 0 Å². The predicted octanol–water partition coefficient (Wildman–Crippen LogP) is 7.28. The lowest BCUT2D eigenvalue weighted by molar-refractivity contribution is 0.251. The van der Waals surface area contributed by atoms with Gasteiger partial charge in [-0.1, -0.05) is 37.6 Å². The summed E-state index contributed by atoms with van der Waals surface area (Å²) in [7, 11) is -8.80. The molecule has 6 nitrogen and oxygen atoms in total. The summed E-state index contributed by atoms with van der Waals surface area (Å²) in [6, 6.07) is 10.1. The number of pyridine rings is 1. The number of hydrogen-bond donors (Lipinski definition) is 2. The fourth-order valence-corrected chi connectivity index (χ4v) is 3.32. The number of carbonyl (C=O) groups excluding carboxylic acids is 1. The number of aromatic nitrogens is 1. The fraction of sp³-hybridized carbons (Fsp3) is 0.100. The van der Waals surface area contributed by atoms with E-state index in [1.165, 1.54) is 12.4 Å². The van der Waals surface area contributed by atoms with Gasteiger partial charge in [0.15, 0.2) is 0 Å². The molecule has 180 valence electrons. The minimum atomic E-state index is -9.93. The Morgan fingerprint density at radius 1 is 0.970 bits per heavy atom. The molecule has 0 unspecified atom stereocenters. The van der Waals surface area contributed by atoms with Crippen LogP contribution in [-0.2, 0) is 6.54 Å². The molecule has 2 amide bonds. The van der Waals surface area contributed by atoms with Crippen molar-refractivity contribution >= 4 is 34.3 Å². The van der Waals surface area contributed by atoms with E-state index in [2.05, 4.69) is 15.6 Å². The molecule has 1 heterocycles. The molecule has 0 fully saturated rings. The standard InChI is InChI=1S/C20H18F5N3O3S.ClH/c1-30-19-7-6-16(32(21,22,23,24)25)12-17(19)28-20(29)27-13-14-4-2-3-5-18(14)31-15-8-10-26-11-9-15;/h2-12H,13H2,1H3,(H2,27,28,29);1H. The predicted molar refractivity (Wildman–Crippen MR) is 118 cm³/mol. The van der Waals surface area contributed by atoms with E-state index in [1.807, 2.05) is 0 Å². The van der Waals surface area contributed by atoms with Crippen molar-refractivity contribution in [2.45, 2.75) is 11.4 Å². The van der Waals surface area contributed by atoms with Gasteiger partial charge in [-0.3, -0.25) is 4.98 Å². The average Bonchev–Trinajstić information content (AvgIpc) is 2.72. The molecule has 3 rings (SSSR count). The number of benzene rings is 2. The van der Waals surface area contributed by atoms with Gasteiger partial charge in [0, 0.05) is 24.5 Å². The number of urea groups is 1. The van der Waals surface area contributed by atoms with Gasteiger partial charge in [-0.25, -0.2) is 4.79 Å². The van der Waals surface area contributed by atoms with Gasteiger partial charge in [0.2, 0.25) is 0 Å². The number of hydrogen-bond acceptors (Lipinski definition) is 4. The number of methoxy groups -OCH3 is 1. The highest BCUT2D eigenvalue weighted by molar-refractivity contribution is 8.45. The van der Waals surface area contributed by atoms with Crippen LogP contribution in [0.1, 0.15) is 5.56 Å². The Hall–Kier alpha value is -3.25. The molecular weight excluding hydrogens is 493 g/mol. The Morgan fingerprint density at radius 3 is 2.27 bits per heavy atom. The van der Waals surface area contributed by atoms with Crippen LogP contribution in [0.3, 0.4) is 0 Å². The Kier molecular flexibility index (Phi) is 7.05. The monoisotopic (exact) mass is 511 g/mol. The van der Waals surface area contributed by atoms with E-state index in [9.17, 15) is 24.2 Å². The second-order valence-electron chi connectivity index (χ2n) is 6.53. The third kappa shape index (κ3) is 7.12. The Bertz CT molecular complexity index is 1140. The smallest absolute Gasteiger partial charge is 0.319 e. The van der Waals surface area contributed by atoms with E-state index >= 15 is 0 Å². The van der Waals surface area contributed by atoms with Crippen molar-refractivity contribution in [1.82, 2.24) is 10.3 Å². The summed E-state index contributed by atoms with van der Waals surface area (Å²) in [6.07, 6.45) is 3.08. The van der Waals surface area contributed by atoms with Crippen molar-refractivity contribution in [2.75, 3.05) is 12.4 Å². The van der Waals surface area contributed by atoms with Crippen molar-refractivity contribution in [2.24, 2.45) is 0 Å². The van der Waals surface area contributed by atoms with E-state index in [4.69, 9.17) is 9.47 Å². The first-order valence-electron chi connectivity index (χ1n) is 8.98. The van der Waals surface area contributed by atoms with Crippen LogP contribution in [-0.4, -0.2) is 18.1 Å². The molecule has 0 radical (unpaired) electrons. The highest BCUT2D eigenvalue weighted by Gasteiger charge is 2.65. The van der Waals surface area contributed by atoms with Crippen molar-refractivity contribution in [3.63, 3.8) is 0 Å². The lowest BCUT2D eigenvalue weighted by Gasteiger charge is -2.40. The van der Waals surface area contributed by atoms with Crippen molar-refractivity contribution < 1.29 is 33.7 Å². The number of rotatable bonds is 7. The zero-order valence-corrected chi connectivity index (χ0v) is 18.6.